The molecule has 0 saturated heterocycles. The highest BCUT2D eigenvalue weighted by molar-refractivity contribution is 8.76. The number of likely N-dealkylation sites (N-methyl/N-ethyl adjacent to an activating group) is 1. The Morgan fingerprint density at radius 1 is 1.20 bits per heavy atom. The summed E-state index contributed by atoms with van der Waals surface area (Å²) in [5.74, 6) is 6.58. The Bertz CT molecular complexity index is 831. The third-order valence-electron chi connectivity index (χ3n) is 4.72. The lowest BCUT2D eigenvalue weighted by Crippen LogP contribution is -2.34. The van der Waals surface area contributed by atoms with Gasteiger partial charge in [-0.15, -0.1) is 0 Å². The molecular weight excluding hydrogens is 486 g/mol. The van der Waals surface area contributed by atoms with E-state index < -0.39 is 4.93 Å². The first kappa shape index (κ1) is 31.1. The summed E-state index contributed by atoms with van der Waals surface area (Å²) in [6.45, 7) is 8.45. The zero-order valence-corrected chi connectivity index (χ0v) is 23.0. The topological polar surface area (TPSA) is 97.9 Å². The number of amides is 2. The van der Waals surface area contributed by atoms with Crippen molar-refractivity contribution < 1.29 is 23.8 Å². The van der Waals surface area contributed by atoms with E-state index in [1.807, 2.05) is 26.3 Å². The molecule has 0 radical (unpaired) electrons. The number of rotatable bonds is 17. The van der Waals surface area contributed by atoms with Crippen molar-refractivity contribution in [3.8, 4) is 17.6 Å². The molecule has 35 heavy (non-hydrogen) atoms. The third-order valence-corrected chi connectivity index (χ3v) is 7.03. The Hall–Kier alpha value is -1.90. The maximum atomic E-state index is 12.3. The minimum Gasteiger partial charge on any atom is -0.490 e. The summed E-state index contributed by atoms with van der Waals surface area (Å²) >= 11 is 0. The van der Waals surface area contributed by atoms with Gasteiger partial charge in [-0.2, -0.15) is 0 Å². The van der Waals surface area contributed by atoms with Gasteiger partial charge in [-0.25, -0.2) is 0 Å². The van der Waals surface area contributed by atoms with Gasteiger partial charge in [-0.3, -0.25) is 9.59 Å². The van der Waals surface area contributed by atoms with Crippen molar-refractivity contribution >= 4 is 33.4 Å². The largest absolute Gasteiger partial charge is 0.490 e. The monoisotopic (exact) mass is 525 g/mol. The number of carbonyl (C=O) groups excluding carboxylic acids is 2. The second-order valence-electron chi connectivity index (χ2n) is 7.87. The van der Waals surface area contributed by atoms with Crippen LogP contribution in [0.4, 0.5) is 0 Å². The molecule has 2 amide bonds. The molecule has 2 unspecified atom stereocenters. The molecule has 0 aliphatic carbocycles. The van der Waals surface area contributed by atoms with Gasteiger partial charge in [0, 0.05) is 24.6 Å². The number of ether oxygens (including phenoxy) is 3. The van der Waals surface area contributed by atoms with Crippen molar-refractivity contribution in [2.45, 2.75) is 32.1 Å². The molecule has 10 heteroatoms. The summed E-state index contributed by atoms with van der Waals surface area (Å²) in [7, 11) is 4.94. The Morgan fingerprint density at radius 2 is 2.00 bits per heavy atom. The molecule has 1 aromatic carbocycles. The smallest absolute Gasteiger partial charge is 0.251 e. The van der Waals surface area contributed by atoms with Gasteiger partial charge < -0.3 is 30.2 Å². The second kappa shape index (κ2) is 18.4. The third kappa shape index (κ3) is 14.3. The Kier molecular flexibility index (Phi) is 16.3. The number of benzene rings is 1. The fourth-order valence-corrected chi connectivity index (χ4v) is 4.55. The SMILES string of the molecule is CCC(C)C#CCNC(=O)COCCOC(C)(COc1cccc(C(=O)NCCNC)c1)SSC. The highest BCUT2D eigenvalue weighted by Crippen LogP contribution is 2.35. The second-order valence-corrected chi connectivity index (χ2v) is 10.7. The Morgan fingerprint density at radius 3 is 2.71 bits per heavy atom. The van der Waals surface area contributed by atoms with Crippen LogP contribution < -0.4 is 20.7 Å². The van der Waals surface area contributed by atoms with Crippen molar-refractivity contribution in [2.24, 2.45) is 5.92 Å². The van der Waals surface area contributed by atoms with Crippen LogP contribution in [0.1, 0.15) is 37.6 Å². The number of carbonyl (C=O) groups is 2. The van der Waals surface area contributed by atoms with Crippen LogP contribution in [-0.2, 0) is 14.3 Å². The summed E-state index contributed by atoms with van der Waals surface area (Å²) < 4.78 is 17.4. The van der Waals surface area contributed by atoms with Gasteiger partial charge in [0.15, 0.2) is 4.93 Å². The zero-order valence-electron chi connectivity index (χ0n) is 21.4. The summed E-state index contributed by atoms with van der Waals surface area (Å²) in [4.78, 5) is 23.5. The lowest BCUT2D eigenvalue weighted by atomic mass is 10.1. The molecule has 0 aromatic heterocycles. The molecule has 8 nitrogen and oxygen atoms in total. The average molecular weight is 526 g/mol. The average Bonchev–Trinajstić information content (AvgIpc) is 2.85. The fraction of sp³-hybridized carbons (Fsp3) is 0.600. The van der Waals surface area contributed by atoms with Crippen molar-refractivity contribution in [1.82, 2.24) is 16.0 Å². The number of hydrogen-bond donors (Lipinski definition) is 3. The molecule has 1 aromatic rings. The molecule has 2 atom stereocenters. The van der Waals surface area contributed by atoms with Crippen LogP contribution in [0.2, 0.25) is 0 Å². The standard InChI is InChI=1S/C25H39N3O5S2/c1-6-20(2)9-8-12-27-23(29)18-31-15-16-33-25(3,35-34-5)19-32-22-11-7-10-21(17-22)24(30)28-14-13-26-4/h7,10-11,17,20,26H,6,12-16,18-19H2,1-5H3,(H,27,29)(H,28,30). The van der Waals surface area contributed by atoms with Crippen LogP contribution in [0.15, 0.2) is 24.3 Å². The first-order valence-corrected chi connectivity index (χ1v) is 14.2. The van der Waals surface area contributed by atoms with E-state index >= 15 is 0 Å². The van der Waals surface area contributed by atoms with Crippen LogP contribution in [-0.4, -0.2) is 76.1 Å². The maximum absolute atomic E-state index is 12.3. The van der Waals surface area contributed by atoms with Gasteiger partial charge in [0.1, 0.15) is 19.0 Å². The van der Waals surface area contributed by atoms with Crippen LogP contribution in [0.25, 0.3) is 0 Å². The first-order chi connectivity index (χ1) is 16.8. The maximum Gasteiger partial charge on any atom is 0.251 e. The summed E-state index contributed by atoms with van der Waals surface area (Å²) in [5, 5.41) is 8.56. The Labute approximate surface area is 217 Å². The van der Waals surface area contributed by atoms with Crippen LogP contribution in [0.3, 0.4) is 0 Å². The van der Waals surface area contributed by atoms with Gasteiger partial charge in [-0.05, 0) is 44.8 Å². The van der Waals surface area contributed by atoms with Gasteiger partial charge in [0.2, 0.25) is 5.91 Å². The number of hydrogen-bond acceptors (Lipinski definition) is 8. The van der Waals surface area contributed by atoms with E-state index in [2.05, 4.69) is 41.6 Å². The van der Waals surface area contributed by atoms with E-state index in [4.69, 9.17) is 14.2 Å². The van der Waals surface area contributed by atoms with E-state index in [0.29, 0.717) is 43.5 Å². The minimum absolute atomic E-state index is 0.0412. The molecule has 0 aliphatic heterocycles. The molecular formula is C25H39N3O5S2. The van der Waals surface area contributed by atoms with E-state index in [1.165, 1.54) is 10.8 Å². The summed E-state index contributed by atoms with van der Waals surface area (Å²) in [6.07, 6.45) is 2.96. The van der Waals surface area contributed by atoms with Crippen LogP contribution in [0.5, 0.6) is 5.75 Å². The highest BCUT2D eigenvalue weighted by atomic mass is 33.1. The molecule has 0 saturated carbocycles. The van der Waals surface area contributed by atoms with Gasteiger partial charge in [0.25, 0.3) is 5.91 Å². The molecule has 1 rings (SSSR count). The van der Waals surface area contributed by atoms with Crippen molar-refractivity contribution in [2.75, 3.05) is 59.4 Å². The fourth-order valence-electron chi connectivity index (χ4n) is 2.61. The molecule has 0 spiro atoms. The normalized spacial score (nSPS) is 13.2. The molecule has 0 heterocycles. The van der Waals surface area contributed by atoms with Crippen molar-refractivity contribution in [3.05, 3.63) is 29.8 Å². The van der Waals surface area contributed by atoms with E-state index in [1.54, 1.807) is 29.0 Å². The van der Waals surface area contributed by atoms with Crippen molar-refractivity contribution in [1.29, 1.82) is 0 Å². The van der Waals surface area contributed by atoms with E-state index in [0.717, 1.165) is 6.42 Å². The van der Waals surface area contributed by atoms with Crippen LogP contribution in [0, 0.1) is 17.8 Å². The van der Waals surface area contributed by atoms with E-state index in [-0.39, 0.29) is 31.6 Å². The Balaban J connectivity index is 2.42. The summed E-state index contributed by atoms with van der Waals surface area (Å²) in [5.41, 5.74) is 0.538. The zero-order chi connectivity index (χ0) is 25.9. The first-order valence-electron chi connectivity index (χ1n) is 11.7. The molecule has 0 aliphatic rings. The molecule has 3 N–H and O–H groups in total. The predicted molar refractivity (Wildman–Crippen MR) is 145 cm³/mol. The quantitative estimate of drug-likeness (QED) is 0.124. The summed E-state index contributed by atoms with van der Waals surface area (Å²) in [6, 6.07) is 7.06. The predicted octanol–water partition coefficient (Wildman–Crippen LogP) is 2.94. The van der Waals surface area contributed by atoms with Crippen LogP contribution >= 0.6 is 21.6 Å². The molecule has 0 fully saturated rings. The molecule has 196 valence electrons. The van der Waals surface area contributed by atoms with Crippen molar-refractivity contribution in [3.63, 3.8) is 0 Å². The lowest BCUT2D eigenvalue weighted by Gasteiger charge is -2.28. The lowest BCUT2D eigenvalue weighted by molar-refractivity contribution is -0.126. The van der Waals surface area contributed by atoms with Gasteiger partial charge in [0.05, 0.1) is 19.8 Å². The van der Waals surface area contributed by atoms with E-state index in [9.17, 15) is 9.59 Å². The van der Waals surface area contributed by atoms with Gasteiger partial charge in [-0.1, -0.05) is 53.3 Å². The molecule has 0 bridgehead atoms. The highest BCUT2D eigenvalue weighted by Gasteiger charge is 2.27. The number of nitrogens with one attached hydrogen (secondary N) is 3. The minimum atomic E-state index is -0.637. The van der Waals surface area contributed by atoms with Gasteiger partial charge >= 0.3 is 0 Å².